The molecule has 0 radical (unpaired) electrons. The van der Waals surface area contributed by atoms with E-state index in [0.29, 0.717) is 11.8 Å². The summed E-state index contributed by atoms with van der Waals surface area (Å²) in [6.45, 7) is 9.27. The zero-order chi connectivity index (χ0) is 14.7. The van der Waals surface area contributed by atoms with Crippen molar-refractivity contribution in [1.29, 1.82) is 0 Å². The molecule has 1 aromatic carbocycles. The summed E-state index contributed by atoms with van der Waals surface area (Å²) in [5.41, 5.74) is 3.10. The van der Waals surface area contributed by atoms with Gasteiger partial charge in [0.15, 0.2) is 0 Å². The number of nitrogens with one attached hydrogen (secondary N) is 1. The van der Waals surface area contributed by atoms with Crippen LogP contribution < -0.4 is 5.56 Å². The Morgan fingerprint density at radius 3 is 2.25 bits per heavy atom. The molecule has 0 spiro atoms. The summed E-state index contributed by atoms with van der Waals surface area (Å²) >= 11 is 0. The van der Waals surface area contributed by atoms with E-state index in [1.807, 2.05) is 18.2 Å². The van der Waals surface area contributed by atoms with Crippen molar-refractivity contribution in [2.45, 2.75) is 40.7 Å². The molecule has 108 valence electrons. The highest BCUT2D eigenvalue weighted by molar-refractivity contribution is 5.62. The number of hydrogen-bond donors (Lipinski definition) is 1. The number of nitrogens with zero attached hydrogens (tertiary/aromatic N) is 1. The van der Waals surface area contributed by atoms with E-state index in [1.54, 1.807) is 4.68 Å². The highest BCUT2D eigenvalue weighted by Gasteiger charge is 2.17. The van der Waals surface area contributed by atoms with Gasteiger partial charge in [0, 0.05) is 12.1 Å². The molecule has 2 aromatic rings. The highest BCUT2D eigenvalue weighted by Crippen LogP contribution is 2.21. The molecule has 0 bridgehead atoms. The van der Waals surface area contributed by atoms with E-state index in [-0.39, 0.29) is 5.56 Å². The van der Waals surface area contributed by atoms with Crippen molar-refractivity contribution in [1.82, 2.24) is 9.78 Å². The van der Waals surface area contributed by atoms with E-state index in [1.165, 1.54) is 0 Å². The fraction of sp³-hybridized carbons (Fsp3) is 0.471. The van der Waals surface area contributed by atoms with Crippen molar-refractivity contribution in [3.05, 3.63) is 46.2 Å². The fourth-order valence-electron chi connectivity index (χ4n) is 2.46. The van der Waals surface area contributed by atoms with Crippen molar-refractivity contribution in [2.75, 3.05) is 0 Å². The lowest BCUT2D eigenvalue weighted by molar-refractivity contribution is 0.472. The lowest BCUT2D eigenvalue weighted by atomic mass is 10.00. The second-order valence-electron chi connectivity index (χ2n) is 6.24. The van der Waals surface area contributed by atoms with Crippen LogP contribution in [-0.2, 0) is 13.0 Å². The quantitative estimate of drug-likeness (QED) is 0.885. The van der Waals surface area contributed by atoms with Crippen molar-refractivity contribution < 1.29 is 0 Å². The molecular weight excluding hydrogens is 248 g/mol. The van der Waals surface area contributed by atoms with E-state index in [4.69, 9.17) is 0 Å². The van der Waals surface area contributed by atoms with Gasteiger partial charge in [-0.1, -0.05) is 58.0 Å². The largest absolute Gasteiger partial charge is 0.295 e. The van der Waals surface area contributed by atoms with Gasteiger partial charge in [-0.3, -0.25) is 14.6 Å². The van der Waals surface area contributed by atoms with Gasteiger partial charge in [0.2, 0.25) is 0 Å². The molecule has 0 unspecified atom stereocenters. The van der Waals surface area contributed by atoms with E-state index < -0.39 is 0 Å². The van der Waals surface area contributed by atoms with Crippen molar-refractivity contribution in [2.24, 2.45) is 11.8 Å². The van der Waals surface area contributed by atoms with E-state index in [2.05, 4.69) is 44.9 Å². The Labute approximate surface area is 120 Å². The van der Waals surface area contributed by atoms with Gasteiger partial charge in [0.05, 0.1) is 5.69 Å². The normalized spacial score (nSPS) is 11.5. The maximum absolute atomic E-state index is 12.6. The second-order valence-corrected chi connectivity index (χ2v) is 6.24. The minimum absolute atomic E-state index is 0.131. The molecule has 0 amide bonds. The molecule has 0 aliphatic carbocycles. The van der Waals surface area contributed by atoms with Crippen LogP contribution in [0.4, 0.5) is 0 Å². The van der Waals surface area contributed by atoms with E-state index >= 15 is 0 Å². The summed E-state index contributed by atoms with van der Waals surface area (Å²) in [4.78, 5) is 12.6. The Kier molecular flexibility index (Phi) is 4.48. The first-order valence-corrected chi connectivity index (χ1v) is 7.36. The Balaban J connectivity index is 2.51. The predicted octanol–water partition coefficient (Wildman–Crippen LogP) is 3.70. The molecule has 2 rings (SSSR count). The zero-order valence-electron chi connectivity index (χ0n) is 12.8. The number of aromatic nitrogens is 2. The maximum Gasteiger partial charge on any atom is 0.270 e. The van der Waals surface area contributed by atoms with Gasteiger partial charge in [-0.05, 0) is 23.8 Å². The summed E-state index contributed by atoms with van der Waals surface area (Å²) < 4.78 is 1.75. The third-order valence-corrected chi connectivity index (χ3v) is 3.27. The number of hydrogen-bond acceptors (Lipinski definition) is 1. The van der Waals surface area contributed by atoms with Crippen LogP contribution in [-0.4, -0.2) is 9.78 Å². The minimum atomic E-state index is 0.131. The molecular formula is C17H24N2O. The zero-order valence-corrected chi connectivity index (χ0v) is 12.8. The average Bonchev–Trinajstić information content (AvgIpc) is 2.68. The van der Waals surface area contributed by atoms with Crippen molar-refractivity contribution >= 4 is 0 Å². The molecule has 0 fully saturated rings. The van der Waals surface area contributed by atoms with Crippen LogP contribution in [0.2, 0.25) is 0 Å². The molecule has 1 N–H and O–H groups in total. The molecule has 20 heavy (non-hydrogen) atoms. The van der Waals surface area contributed by atoms with Crippen LogP contribution in [0.3, 0.4) is 0 Å². The molecule has 0 saturated heterocycles. The summed E-state index contributed by atoms with van der Waals surface area (Å²) in [6, 6.07) is 10.1. The van der Waals surface area contributed by atoms with Crippen LogP contribution in [0.1, 0.15) is 33.3 Å². The van der Waals surface area contributed by atoms with E-state index in [9.17, 15) is 4.79 Å². The number of benzene rings is 1. The highest BCUT2D eigenvalue weighted by atomic mass is 16.1. The van der Waals surface area contributed by atoms with Crippen molar-refractivity contribution in [3.63, 3.8) is 0 Å². The molecule has 3 nitrogen and oxygen atoms in total. The second kappa shape index (κ2) is 6.12. The Hall–Kier alpha value is -1.77. The van der Waals surface area contributed by atoms with Gasteiger partial charge in [-0.25, -0.2) is 0 Å². The van der Waals surface area contributed by atoms with Gasteiger partial charge in [-0.15, -0.1) is 0 Å². The third kappa shape index (κ3) is 3.21. The smallest absolute Gasteiger partial charge is 0.270 e. The van der Waals surface area contributed by atoms with Gasteiger partial charge in [-0.2, -0.15) is 0 Å². The fourth-order valence-corrected chi connectivity index (χ4v) is 2.46. The molecule has 0 atom stereocenters. The molecule has 0 saturated carbocycles. The Morgan fingerprint density at radius 1 is 1.05 bits per heavy atom. The van der Waals surface area contributed by atoms with Crippen LogP contribution in [0.25, 0.3) is 11.3 Å². The van der Waals surface area contributed by atoms with Crippen LogP contribution in [0.15, 0.2) is 35.1 Å². The van der Waals surface area contributed by atoms with Crippen LogP contribution >= 0.6 is 0 Å². The van der Waals surface area contributed by atoms with Gasteiger partial charge >= 0.3 is 0 Å². The Morgan fingerprint density at radius 2 is 1.70 bits per heavy atom. The van der Waals surface area contributed by atoms with Crippen LogP contribution in [0, 0.1) is 11.8 Å². The van der Waals surface area contributed by atoms with Gasteiger partial charge in [0.1, 0.15) is 0 Å². The first-order chi connectivity index (χ1) is 9.49. The topological polar surface area (TPSA) is 37.8 Å². The molecule has 0 aliphatic heterocycles. The molecule has 1 heterocycles. The van der Waals surface area contributed by atoms with Crippen LogP contribution in [0.5, 0.6) is 0 Å². The van der Waals surface area contributed by atoms with E-state index in [0.717, 1.165) is 29.8 Å². The lowest BCUT2D eigenvalue weighted by Crippen LogP contribution is -2.22. The molecule has 3 heteroatoms. The molecule has 0 aliphatic rings. The van der Waals surface area contributed by atoms with Gasteiger partial charge in [0.25, 0.3) is 5.56 Å². The lowest BCUT2D eigenvalue weighted by Gasteiger charge is -2.05. The summed E-state index contributed by atoms with van der Waals surface area (Å²) in [6.07, 6.45) is 0.810. The standard InChI is InChI=1S/C17H24N2O/c1-12(2)10-15-16(14-8-6-5-7-9-14)18-19(17(15)20)11-13(3)4/h5-9,12-13,18H,10-11H2,1-4H3. The SMILES string of the molecule is CC(C)Cc1c(-c2ccccc2)[nH]n(CC(C)C)c1=O. The maximum atomic E-state index is 12.6. The summed E-state index contributed by atoms with van der Waals surface area (Å²) in [7, 11) is 0. The predicted molar refractivity (Wildman–Crippen MR) is 83.9 cm³/mol. The molecule has 1 aromatic heterocycles. The first kappa shape index (κ1) is 14.6. The minimum Gasteiger partial charge on any atom is -0.295 e. The number of rotatable bonds is 5. The average molecular weight is 272 g/mol. The van der Waals surface area contributed by atoms with Crippen molar-refractivity contribution in [3.8, 4) is 11.3 Å². The van der Waals surface area contributed by atoms with Gasteiger partial charge < -0.3 is 0 Å². The first-order valence-electron chi connectivity index (χ1n) is 7.36. The number of aromatic amines is 1. The Bertz CT molecular complexity index is 606. The summed E-state index contributed by atoms with van der Waals surface area (Å²) in [5.74, 6) is 0.912. The monoisotopic (exact) mass is 272 g/mol. The number of H-pyrrole nitrogens is 1. The third-order valence-electron chi connectivity index (χ3n) is 3.27. The summed E-state index contributed by atoms with van der Waals surface area (Å²) in [5, 5.41) is 3.31.